The molecule has 0 spiro atoms. The maximum absolute atomic E-state index is 11.5. The van der Waals surface area contributed by atoms with Crippen molar-refractivity contribution >= 4 is 54.3 Å². The highest BCUT2D eigenvalue weighted by molar-refractivity contribution is 9.11. The summed E-state index contributed by atoms with van der Waals surface area (Å²) in [6.07, 6.45) is 0. The molecule has 1 atom stereocenters. The van der Waals surface area contributed by atoms with Gasteiger partial charge in [-0.2, -0.15) is 0 Å². The van der Waals surface area contributed by atoms with Crippen LogP contribution < -0.4 is 5.76 Å². The normalized spacial score (nSPS) is 13.0. The molecule has 3 rings (SSSR count). The Bertz CT molecular complexity index is 802. The summed E-state index contributed by atoms with van der Waals surface area (Å²) in [5, 5.41) is 0. The zero-order chi connectivity index (χ0) is 13.6. The fraction of sp³-hybridized carbons (Fsp3) is 0.154. The van der Waals surface area contributed by atoms with Gasteiger partial charge in [0.2, 0.25) is 0 Å². The van der Waals surface area contributed by atoms with Crippen molar-refractivity contribution in [2.75, 3.05) is 0 Å². The average molecular weight is 403 g/mol. The summed E-state index contributed by atoms with van der Waals surface area (Å²) in [7, 11) is 1.70. The van der Waals surface area contributed by atoms with Crippen LogP contribution in [-0.2, 0) is 7.05 Å². The quantitative estimate of drug-likeness (QED) is 0.594. The van der Waals surface area contributed by atoms with Crippen molar-refractivity contribution in [2.45, 2.75) is 4.83 Å². The van der Waals surface area contributed by atoms with E-state index < -0.39 is 0 Å². The molecule has 1 aromatic carbocycles. The Morgan fingerprint density at radius 2 is 2.11 bits per heavy atom. The molecule has 0 radical (unpaired) electrons. The number of alkyl halides is 1. The van der Waals surface area contributed by atoms with Gasteiger partial charge in [-0.25, -0.2) is 4.79 Å². The summed E-state index contributed by atoms with van der Waals surface area (Å²) in [6, 6.07) is 9.91. The Balaban J connectivity index is 2.08. The molecule has 0 aliphatic rings. The molecule has 3 nitrogen and oxygen atoms in total. The highest BCUT2D eigenvalue weighted by atomic mass is 79.9. The van der Waals surface area contributed by atoms with Crippen LogP contribution >= 0.6 is 43.2 Å². The van der Waals surface area contributed by atoms with Crippen LogP contribution in [0.2, 0.25) is 0 Å². The second kappa shape index (κ2) is 4.92. The zero-order valence-electron chi connectivity index (χ0n) is 9.89. The van der Waals surface area contributed by atoms with Crippen molar-refractivity contribution in [3.8, 4) is 0 Å². The molecule has 6 heteroatoms. The second-order valence-electron chi connectivity index (χ2n) is 4.16. The summed E-state index contributed by atoms with van der Waals surface area (Å²) in [4.78, 5) is 12.8. The SMILES string of the molecule is Cn1c(=O)oc2cc(C(Br)c3ccc(Br)s3)ccc21. The molecule has 2 heterocycles. The number of thiophene rings is 1. The number of aryl methyl sites for hydroxylation is 1. The number of fused-ring (bicyclic) bond motifs is 1. The van der Waals surface area contributed by atoms with Crippen LogP contribution in [-0.4, -0.2) is 4.57 Å². The van der Waals surface area contributed by atoms with Crippen LogP contribution in [0.1, 0.15) is 15.3 Å². The predicted octanol–water partition coefficient (Wildman–Crippen LogP) is 4.44. The van der Waals surface area contributed by atoms with Gasteiger partial charge >= 0.3 is 5.76 Å². The van der Waals surface area contributed by atoms with Crippen LogP contribution in [0.25, 0.3) is 11.1 Å². The fourth-order valence-electron chi connectivity index (χ4n) is 1.94. The van der Waals surface area contributed by atoms with E-state index in [0.717, 1.165) is 14.9 Å². The van der Waals surface area contributed by atoms with Crippen LogP contribution in [0.3, 0.4) is 0 Å². The Morgan fingerprint density at radius 3 is 2.79 bits per heavy atom. The first-order valence-corrected chi connectivity index (χ1v) is 8.07. The van der Waals surface area contributed by atoms with E-state index in [9.17, 15) is 4.79 Å². The Kier molecular flexibility index (Phi) is 3.41. The van der Waals surface area contributed by atoms with E-state index in [4.69, 9.17) is 4.42 Å². The first-order valence-electron chi connectivity index (χ1n) is 5.55. The molecule has 1 unspecified atom stereocenters. The number of oxazole rings is 1. The van der Waals surface area contributed by atoms with Crippen molar-refractivity contribution in [3.05, 3.63) is 55.1 Å². The zero-order valence-corrected chi connectivity index (χ0v) is 13.9. The van der Waals surface area contributed by atoms with Gasteiger partial charge < -0.3 is 4.42 Å². The Morgan fingerprint density at radius 1 is 1.32 bits per heavy atom. The molecule has 0 saturated heterocycles. The lowest BCUT2D eigenvalue weighted by Gasteiger charge is -2.07. The summed E-state index contributed by atoms with van der Waals surface area (Å²) < 4.78 is 7.81. The lowest BCUT2D eigenvalue weighted by molar-refractivity contribution is 0.528. The summed E-state index contributed by atoms with van der Waals surface area (Å²) in [5.74, 6) is -0.336. The molecule has 0 saturated carbocycles. The van der Waals surface area contributed by atoms with Crippen LogP contribution in [0, 0.1) is 0 Å². The number of rotatable bonds is 2. The minimum atomic E-state index is -0.336. The number of nitrogens with zero attached hydrogens (tertiary/aromatic N) is 1. The van der Waals surface area contributed by atoms with Crippen LogP contribution in [0.4, 0.5) is 0 Å². The minimum Gasteiger partial charge on any atom is -0.408 e. The van der Waals surface area contributed by atoms with E-state index in [1.165, 1.54) is 9.44 Å². The van der Waals surface area contributed by atoms with Gasteiger partial charge in [-0.15, -0.1) is 11.3 Å². The molecular formula is C13H9Br2NO2S. The molecule has 98 valence electrons. The van der Waals surface area contributed by atoms with Gasteiger partial charge in [0.1, 0.15) is 0 Å². The lowest BCUT2D eigenvalue weighted by Crippen LogP contribution is -2.08. The third-order valence-electron chi connectivity index (χ3n) is 2.95. The van der Waals surface area contributed by atoms with Crippen molar-refractivity contribution in [2.24, 2.45) is 7.05 Å². The van der Waals surface area contributed by atoms with Gasteiger partial charge in [0.05, 0.1) is 14.1 Å². The van der Waals surface area contributed by atoms with Crippen molar-refractivity contribution in [3.63, 3.8) is 0 Å². The summed E-state index contributed by atoms with van der Waals surface area (Å²) in [5.41, 5.74) is 2.49. The van der Waals surface area contributed by atoms with Crippen LogP contribution in [0.15, 0.2) is 43.3 Å². The highest BCUT2D eigenvalue weighted by Crippen LogP contribution is 2.37. The minimum absolute atomic E-state index is 0.0960. The van der Waals surface area contributed by atoms with Crippen molar-refractivity contribution in [1.82, 2.24) is 4.57 Å². The third kappa shape index (κ3) is 2.32. The first-order chi connectivity index (χ1) is 9.06. The monoisotopic (exact) mass is 401 g/mol. The molecular weight excluding hydrogens is 394 g/mol. The van der Waals surface area contributed by atoms with E-state index in [1.807, 2.05) is 24.3 Å². The number of halogens is 2. The number of benzene rings is 1. The van der Waals surface area contributed by atoms with Gasteiger partial charge in [-0.1, -0.05) is 22.0 Å². The van der Waals surface area contributed by atoms with Gasteiger partial charge in [-0.05, 0) is 45.8 Å². The van der Waals surface area contributed by atoms with E-state index >= 15 is 0 Å². The molecule has 0 bridgehead atoms. The molecule has 2 aromatic heterocycles. The largest absolute Gasteiger partial charge is 0.419 e. The van der Waals surface area contributed by atoms with E-state index in [-0.39, 0.29) is 10.6 Å². The standard InChI is InChI=1S/C13H9Br2NO2S/c1-16-8-3-2-7(6-9(8)18-13(16)17)12(15)10-4-5-11(14)19-10/h2-6,12H,1H3. The fourth-order valence-corrected chi connectivity index (χ4v) is 4.08. The van der Waals surface area contributed by atoms with Gasteiger partial charge in [0.25, 0.3) is 0 Å². The third-order valence-corrected chi connectivity index (χ3v) is 5.97. The molecule has 0 N–H and O–H groups in total. The number of hydrogen-bond donors (Lipinski definition) is 0. The molecule has 0 amide bonds. The van der Waals surface area contributed by atoms with E-state index in [0.29, 0.717) is 5.58 Å². The Hall–Kier alpha value is -0.850. The first kappa shape index (κ1) is 13.1. The van der Waals surface area contributed by atoms with Crippen LogP contribution in [0.5, 0.6) is 0 Å². The lowest BCUT2D eigenvalue weighted by atomic mass is 10.1. The van der Waals surface area contributed by atoms with E-state index in [2.05, 4.69) is 37.9 Å². The smallest absolute Gasteiger partial charge is 0.408 e. The molecule has 0 aliphatic carbocycles. The maximum Gasteiger partial charge on any atom is 0.419 e. The molecule has 3 aromatic rings. The topological polar surface area (TPSA) is 35.1 Å². The average Bonchev–Trinajstić information content (AvgIpc) is 2.94. The summed E-state index contributed by atoms with van der Waals surface area (Å²) >= 11 is 8.82. The van der Waals surface area contributed by atoms with Gasteiger partial charge in [0, 0.05) is 11.9 Å². The predicted molar refractivity (Wildman–Crippen MR) is 84.2 cm³/mol. The van der Waals surface area contributed by atoms with Crippen molar-refractivity contribution < 1.29 is 4.42 Å². The Labute approximate surface area is 130 Å². The van der Waals surface area contributed by atoms with Crippen molar-refractivity contribution in [1.29, 1.82) is 0 Å². The maximum atomic E-state index is 11.5. The highest BCUT2D eigenvalue weighted by Gasteiger charge is 2.15. The molecule has 0 fully saturated rings. The molecule has 0 aliphatic heterocycles. The van der Waals surface area contributed by atoms with Gasteiger partial charge in [-0.3, -0.25) is 4.57 Å². The number of aromatic nitrogens is 1. The van der Waals surface area contributed by atoms with E-state index in [1.54, 1.807) is 18.4 Å². The molecule has 19 heavy (non-hydrogen) atoms. The summed E-state index contributed by atoms with van der Waals surface area (Å²) in [6.45, 7) is 0. The van der Waals surface area contributed by atoms with Gasteiger partial charge in [0.15, 0.2) is 5.58 Å². The number of hydrogen-bond acceptors (Lipinski definition) is 3. The second-order valence-corrected chi connectivity index (χ2v) is 7.57.